The molecular formula is C14H22N4O3. The molecule has 1 aromatic rings. The Labute approximate surface area is 124 Å². The van der Waals surface area contributed by atoms with Gasteiger partial charge in [-0.1, -0.05) is 0 Å². The van der Waals surface area contributed by atoms with Crippen molar-refractivity contribution in [2.24, 2.45) is 0 Å². The zero-order valence-electron chi connectivity index (χ0n) is 12.7. The highest BCUT2D eigenvalue weighted by molar-refractivity contribution is 5.76. The quantitative estimate of drug-likeness (QED) is 0.914. The molecule has 0 saturated heterocycles. The van der Waals surface area contributed by atoms with Crippen molar-refractivity contribution < 1.29 is 14.7 Å². The molecule has 2 amide bonds. The highest BCUT2D eigenvalue weighted by Gasteiger charge is 2.32. The number of fused-ring (bicyclic) bond motifs is 1. The molecule has 1 aromatic heterocycles. The third kappa shape index (κ3) is 3.53. The largest absolute Gasteiger partial charge is 0.481 e. The van der Waals surface area contributed by atoms with Crippen LogP contribution in [0.2, 0.25) is 0 Å². The van der Waals surface area contributed by atoms with Gasteiger partial charge in [0.2, 0.25) is 0 Å². The molecule has 2 rings (SSSR count). The molecule has 0 aromatic carbocycles. The van der Waals surface area contributed by atoms with E-state index in [2.05, 4.69) is 4.98 Å². The lowest BCUT2D eigenvalue weighted by molar-refractivity contribution is -0.137. The fourth-order valence-corrected chi connectivity index (χ4v) is 2.43. The summed E-state index contributed by atoms with van der Waals surface area (Å²) < 4.78 is 2.03. The van der Waals surface area contributed by atoms with Gasteiger partial charge in [0, 0.05) is 37.6 Å². The van der Waals surface area contributed by atoms with Gasteiger partial charge in [0.1, 0.15) is 5.82 Å². The molecule has 0 bridgehead atoms. The maximum absolute atomic E-state index is 12.7. The number of amides is 2. The number of carboxylic acids is 1. The second kappa shape index (κ2) is 5.75. The Bertz CT molecular complexity index is 533. The minimum atomic E-state index is -0.897. The lowest BCUT2D eigenvalue weighted by Crippen LogP contribution is -2.53. The van der Waals surface area contributed by atoms with Gasteiger partial charge >= 0.3 is 12.0 Å². The summed E-state index contributed by atoms with van der Waals surface area (Å²) in [5, 5.41) is 8.86. The van der Waals surface area contributed by atoms with Gasteiger partial charge < -0.3 is 19.5 Å². The van der Waals surface area contributed by atoms with Gasteiger partial charge in [-0.2, -0.15) is 0 Å². The summed E-state index contributed by atoms with van der Waals surface area (Å²) in [5.74, 6) is -0.0343. The predicted molar refractivity (Wildman–Crippen MR) is 76.7 cm³/mol. The second-order valence-corrected chi connectivity index (χ2v) is 6.21. The summed E-state index contributed by atoms with van der Waals surface area (Å²) >= 11 is 0. The molecule has 0 aliphatic carbocycles. The molecular weight excluding hydrogens is 272 g/mol. The summed E-state index contributed by atoms with van der Waals surface area (Å²) in [7, 11) is 0. The number of aliphatic carboxylic acids is 1. The molecule has 1 aliphatic rings. The van der Waals surface area contributed by atoms with E-state index < -0.39 is 11.5 Å². The van der Waals surface area contributed by atoms with Crippen LogP contribution in [-0.2, 0) is 17.9 Å². The van der Waals surface area contributed by atoms with E-state index in [4.69, 9.17) is 5.11 Å². The molecule has 2 heterocycles. The summed E-state index contributed by atoms with van der Waals surface area (Å²) in [6.07, 6.45) is 3.59. The number of hydrogen-bond acceptors (Lipinski definition) is 3. The summed E-state index contributed by atoms with van der Waals surface area (Å²) in [4.78, 5) is 31.1. The Morgan fingerprint density at radius 3 is 2.71 bits per heavy atom. The number of aromatic nitrogens is 2. The van der Waals surface area contributed by atoms with Crippen LogP contribution in [0.3, 0.4) is 0 Å². The van der Waals surface area contributed by atoms with Gasteiger partial charge in [-0.15, -0.1) is 0 Å². The fraction of sp³-hybridized carbons (Fsp3) is 0.643. The minimum absolute atomic E-state index is 0.0501. The first kappa shape index (κ1) is 15.3. The van der Waals surface area contributed by atoms with Crippen LogP contribution < -0.4 is 0 Å². The van der Waals surface area contributed by atoms with Gasteiger partial charge in [0.15, 0.2) is 0 Å². The number of imidazole rings is 1. The van der Waals surface area contributed by atoms with Crippen molar-refractivity contribution in [2.75, 3.05) is 13.1 Å². The normalized spacial score (nSPS) is 14.7. The number of nitrogens with zero attached hydrogens (tertiary/aromatic N) is 4. The zero-order valence-corrected chi connectivity index (χ0v) is 12.7. The molecule has 21 heavy (non-hydrogen) atoms. The number of hydrogen-bond donors (Lipinski definition) is 1. The Kier molecular flexibility index (Phi) is 4.20. The average molecular weight is 294 g/mol. The minimum Gasteiger partial charge on any atom is -0.481 e. The van der Waals surface area contributed by atoms with Gasteiger partial charge in [-0.3, -0.25) is 4.79 Å². The fourth-order valence-electron chi connectivity index (χ4n) is 2.43. The third-order valence-corrected chi connectivity index (χ3v) is 3.61. The number of carbonyl (C=O) groups is 2. The first-order valence-corrected chi connectivity index (χ1v) is 7.07. The van der Waals surface area contributed by atoms with E-state index >= 15 is 0 Å². The van der Waals surface area contributed by atoms with Crippen molar-refractivity contribution in [3.05, 3.63) is 18.2 Å². The zero-order chi connectivity index (χ0) is 15.6. The third-order valence-electron chi connectivity index (χ3n) is 3.61. The van der Waals surface area contributed by atoms with Crippen LogP contribution in [0.5, 0.6) is 0 Å². The van der Waals surface area contributed by atoms with E-state index in [0.29, 0.717) is 13.1 Å². The molecule has 1 aliphatic heterocycles. The molecule has 0 atom stereocenters. The number of urea groups is 1. The average Bonchev–Trinajstić information content (AvgIpc) is 2.83. The Morgan fingerprint density at radius 1 is 1.38 bits per heavy atom. The van der Waals surface area contributed by atoms with Crippen molar-refractivity contribution >= 4 is 12.0 Å². The molecule has 7 nitrogen and oxygen atoms in total. The highest BCUT2D eigenvalue weighted by atomic mass is 16.4. The standard InChI is InChI=1S/C14H22N4O3/c1-14(2,3)18(6-4-12(19)20)13(21)17-9-8-16-7-5-15-11(16)10-17/h5,7H,4,6,8-10H2,1-3H3,(H,19,20). The Morgan fingerprint density at radius 2 is 2.10 bits per heavy atom. The van der Waals surface area contributed by atoms with E-state index in [1.807, 2.05) is 31.5 Å². The van der Waals surface area contributed by atoms with E-state index in [1.165, 1.54) is 0 Å². The Hall–Kier alpha value is -2.05. The number of carbonyl (C=O) groups excluding carboxylic acids is 1. The first-order valence-electron chi connectivity index (χ1n) is 7.07. The Balaban J connectivity index is 2.10. The van der Waals surface area contributed by atoms with E-state index in [-0.39, 0.29) is 19.0 Å². The second-order valence-electron chi connectivity index (χ2n) is 6.21. The van der Waals surface area contributed by atoms with E-state index in [9.17, 15) is 9.59 Å². The van der Waals surface area contributed by atoms with Crippen LogP contribution in [0.15, 0.2) is 12.4 Å². The summed E-state index contributed by atoms with van der Waals surface area (Å²) in [6.45, 7) is 7.75. The predicted octanol–water partition coefficient (Wildman–Crippen LogP) is 1.39. The van der Waals surface area contributed by atoms with Crippen LogP contribution in [0.4, 0.5) is 4.79 Å². The lowest BCUT2D eigenvalue weighted by atomic mass is 10.1. The molecule has 0 unspecified atom stereocenters. The molecule has 0 radical (unpaired) electrons. The molecule has 1 N–H and O–H groups in total. The maximum atomic E-state index is 12.7. The smallest absolute Gasteiger partial charge is 0.320 e. The van der Waals surface area contributed by atoms with E-state index in [0.717, 1.165) is 12.4 Å². The molecule has 0 fully saturated rings. The van der Waals surface area contributed by atoms with Crippen molar-refractivity contribution in [2.45, 2.75) is 45.8 Å². The number of carboxylic acid groups (broad SMARTS) is 1. The molecule has 0 spiro atoms. The summed E-state index contributed by atoms with van der Waals surface area (Å²) in [6, 6.07) is -0.127. The van der Waals surface area contributed by atoms with Gasteiger partial charge in [-0.25, -0.2) is 9.78 Å². The lowest BCUT2D eigenvalue weighted by Gasteiger charge is -2.40. The molecule has 7 heteroatoms. The van der Waals surface area contributed by atoms with Crippen LogP contribution in [0.1, 0.15) is 33.0 Å². The summed E-state index contributed by atoms with van der Waals surface area (Å²) in [5.41, 5.74) is -0.417. The highest BCUT2D eigenvalue weighted by Crippen LogP contribution is 2.19. The van der Waals surface area contributed by atoms with Crippen molar-refractivity contribution in [3.8, 4) is 0 Å². The van der Waals surface area contributed by atoms with Crippen LogP contribution >= 0.6 is 0 Å². The van der Waals surface area contributed by atoms with Crippen LogP contribution in [0.25, 0.3) is 0 Å². The molecule has 116 valence electrons. The maximum Gasteiger partial charge on any atom is 0.320 e. The van der Waals surface area contributed by atoms with Gasteiger partial charge in [0.05, 0.1) is 13.0 Å². The van der Waals surface area contributed by atoms with Crippen molar-refractivity contribution in [3.63, 3.8) is 0 Å². The van der Waals surface area contributed by atoms with Crippen molar-refractivity contribution in [1.82, 2.24) is 19.4 Å². The van der Waals surface area contributed by atoms with E-state index in [1.54, 1.807) is 16.0 Å². The van der Waals surface area contributed by atoms with Gasteiger partial charge in [-0.05, 0) is 20.8 Å². The monoisotopic (exact) mass is 294 g/mol. The van der Waals surface area contributed by atoms with Crippen molar-refractivity contribution in [1.29, 1.82) is 0 Å². The van der Waals surface area contributed by atoms with Crippen LogP contribution in [0, 0.1) is 0 Å². The van der Waals surface area contributed by atoms with Gasteiger partial charge in [0.25, 0.3) is 0 Å². The topological polar surface area (TPSA) is 78.7 Å². The van der Waals surface area contributed by atoms with Crippen LogP contribution in [-0.4, -0.2) is 55.1 Å². The number of rotatable bonds is 3. The SMILES string of the molecule is CC(C)(C)N(CCC(=O)O)C(=O)N1CCn2ccnc2C1. The molecule has 0 saturated carbocycles. The first-order chi connectivity index (χ1) is 9.79.